The molecule has 3 saturated carbocycles. The van der Waals surface area contributed by atoms with Crippen molar-refractivity contribution < 1.29 is 0 Å². The Morgan fingerprint density at radius 3 is 2.52 bits per heavy atom. The van der Waals surface area contributed by atoms with E-state index in [0.29, 0.717) is 5.41 Å². The van der Waals surface area contributed by atoms with E-state index in [-0.39, 0.29) is 0 Å². The second-order valence-corrected chi connectivity index (χ2v) is 8.47. The zero-order valence-electron chi connectivity index (χ0n) is 14.4. The van der Waals surface area contributed by atoms with Crippen LogP contribution in [0.25, 0.3) is 0 Å². The van der Waals surface area contributed by atoms with Crippen LogP contribution in [0.1, 0.15) is 64.7 Å². The quantitative estimate of drug-likeness (QED) is 0.765. The Morgan fingerprint density at radius 1 is 1.10 bits per heavy atom. The zero-order valence-corrected chi connectivity index (χ0v) is 14.4. The molecule has 0 aliphatic heterocycles. The molecule has 0 spiro atoms. The van der Waals surface area contributed by atoms with Gasteiger partial charge in [0.25, 0.3) is 0 Å². The van der Waals surface area contributed by atoms with Gasteiger partial charge in [0.05, 0.1) is 0 Å². The number of nitrogens with zero attached hydrogens (tertiary/aromatic N) is 1. The summed E-state index contributed by atoms with van der Waals surface area (Å²) in [5.74, 6) is 3.20. The van der Waals surface area contributed by atoms with Crippen molar-refractivity contribution in [3.63, 3.8) is 0 Å². The lowest BCUT2D eigenvalue weighted by Gasteiger charge is -2.41. The van der Waals surface area contributed by atoms with E-state index in [0.717, 1.165) is 24.3 Å². The average Bonchev–Trinajstić information content (AvgIpc) is 3.08. The summed E-state index contributed by atoms with van der Waals surface area (Å²) in [6.45, 7) is 7.31. The van der Waals surface area contributed by atoms with Crippen molar-refractivity contribution in [2.24, 2.45) is 23.2 Å². The van der Waals surface area contributed by atoms with E-state index in [1.165, 1.54) is 71.0 Å². The van der Waals surface area contributed by atoms with E-state index >= 15 is 0 Å². The van der Waals surface area contributed by atoms with Gasteiger partial charge in [-0.25, -0.2) is 0 Å². The molecular weight excluding hydrogens is 256 g/mol. The van der Waals surface area contributed by atoms with Gasteiger partial charge in [-0.2, -0.15) is 0 Å². The molecule has 2 nitrogen and oxygen atoms in total. The first-order valence-corrected chi connectivity index (χ1v) is 9.60. The van der Waals surface area contributed by atoms with Crippen molar-refractivity contribution in [2.75, 3.05) is 33.2 Å². The van der Waals surface area contributed by atoms with Gasteiger partial charge in [0.2, 0.25) is 0 Å². The van der Waals surface area contributed by atoms with Gasteiger partial charge in [-0.05, 0) is 68.9 Å². The minimum Gasteiger partial charge on any atom is -0.316 e. The summed E-state index contributed by atoms with van der Waals surface area (Å²) in [7, 11) is 2.40. The Hall–Kier alpha value is -0.0800. The number of fused-ring (bicyclic) bond motifs is 2. The lowest BCUT2D eigenvalue weighted by atomic mass is 9.73. The first kappa shape index (κ1) is 15.8. The van der Waals surface area contributed by atoms with Crippen LogP contribution < -0.4 is 5.32 Å². The highest BCUT2D eigenvalue weighted by atomic mass is 15.1. The predicted octanol–water partition coefficient (Wildman–Crippen LogP) is 3.91. The van der Waals surface area contributed by atoms with Crippen LogP contribution in [0.2, 0.25) is 0 Å². The molecule has 0 radical (unpaired) electrons. The lowest BCUT2D eigenvalue weighted by molar-refractivity contribution is 0.100. The average molecular weight is 293 g/mol. The second-order valence-electron chi connectivity index (χ2n) is 8.47. The Labute approximate surface area is 132 Å². The van der Waals surface area contributed by atoms with Crippen molar-refractivity contribution in [3.8, 4) is 0 Å². The molecule has 1 N–H and O–H groups in total. The summed E-state index contributed by atoms with van der Waals surface area (Å²) >= 11 is 0. The van der Waals surface area contributed by atoms with Gasteiger partial charge in [0.15, 0.2) is 0 Å². The molecule has 0 amide bonds. The number of rotatable bonds is 7. The summed E-state index contributed by atoms with van der Waals surface area (Å²) in [5.41, 5.74) is 0.570. The second kappa shape index (κ2) is 7.00. The fourth-order valence-electron chi connectivity index (χ4n) is 5.72. The van der Waals surface area contributed by atoms with Gasteiger partial charge < -0.3 is 10.2 Å². The summed E-state index contributed by atoms with van der Waals surface area (Å²) in [5, 5.41) is 3.66. The van der Waals surface area contributed by atoms with Crippen molar-refractivity contribution in [1.29, 1.82) is 0 Å². The van der Waals surface area contributed by atoms with Crippen LogP contribution >= 0.6 is 0 Å². The van der Waals surface area contributed by atoms with Crippen molar-refractivity contribution >= 4 is 0 Å². The number of nitrogens with one attached hydrogen (secondary N) is 1. The van der Waals surface area contributed by atoms with Crippen LogP contribution in [0.15, 0.2) is 0 Å². The summed E-state index contributed by atoms with van der Waals surface area (Å²) in [6, 6.07) is 0. The largest absolute Gasteiger partial charge is 0.316 e. The number of hydrogen-bond donors (Lipinski definition) is 1. The molecule has 3 atom stereocenters. The topological polar surface area (TPSA) is 15.3 Å². The smallest absolute Gasteiger partial charge is 0.00472 e. The molecule has 3 unspecified atom stereocenters. The molecule has 3 fully saturated rings. The molecule has 2 heteroatoms. The maximum Gasteiger partial charge on any atom is 0.00472 e. The summed E-state index contributed by atoms with van der Waals surface area (Å²) < 4.78 is 0. The standard InChI is InChI=1S/C19H36N2/c1-3-20-14-19(9-5-4-6-10-19)15-21(2)13-18-12-16-7-8-17(18)11-16/h16-18,20H,3-15H2,1-2H3. The third-order valence-electron chi connectivity index (χ3n) is 6.70. The van der Waals surface area contributed by atoms with Gasteiger partial charge in [-0.15, -0.1) is 0 Å². The molecule has 2 bridgehead atoms. The molecule has 0 saturated heterocycles. The number of hydrogen-bond acceptors (Lipinski definition) is 2. The highest BCUT2D eigenvalue weighted by molar-refractivity contribution is 4.92. The van der Waals surface area contributed by atoms with Crippen LogP contribution in [0.4, 0.5) is 0 Å². The highest BCUT2D eigenvalue weighted by Crippen LogP contribution is 2.48. The van der Waals surface area contributed by atoms with E-state index in [4.69, 9.17) is 0 Å². The zero-order chi connectivity index (χ0) is 14.7. The molecule has 0 aromatic heterocycles. The van der Waals surface area contributed by atoms with Crippen LogP contribution in [0.5, 0.6) is 0 Å². The van der Waals surface area contributed by atoms with Gasteiger partial charge >= 0.3 is 0 Å². The molecule has 3 aliphatic carbocycles. The predicted molar refractivity (Wildman–Crippen MR) is 90.5 cm³/mol. The van der Waals surface area contributed by atoms with Crippen LogP contribution in [0, 0.1) is 23.2 Å². The van der Waals surface area contributed by atoms with Crippen molar-refractivity contribution in [2.45, 2.75) is 64.7 Å². The monoisotopic (exact) mass is 292 g/mol. The van der Waals surface area contributed by atoms with Crippen molar-refractivity contribution in [1.82, 2.24) is 10.2 Å². The summed E-state index contributed by atoms with van der Waals surface area (Å²) in [6.07, 6.45) is 13.4. The normalized spacial score (nSPS) is 34.7. The van der Waals surface area contributed by atoms with Gasteiger partial charge in [0, 0.05) is 19.6 Å². The fraction of sp³-hybridized carbons (Fsp3) is 1.00. The Kier molecular flexibility index (Phi) is 5.27. The van der Waals surface area contributed by atoms with Crippen LogP contribution in [-0.2, 0) is 0 Å². The van der Waals surface area contributed by atoms with E-state index in [9.17, 15) is 0 Å². The minimum absolute atomic E-state index is 0.570. The van der Waals surface area contributed by atoms with Gasteiger partial charge in [0.1, 0.15) is 0 Å². The minimum atomic E-state index is 0.570. The van der Waals surface area contributed by atoms with Crippen molar-refractivity contribution in [3.05, 3.63) is 0 Å². The summed E-state index contributed by atoms with van der Waals surface area (Å²) in [4.78, 5) is 2.70. The van der Waals surface area contributed by atoms with Gasteiger partial charge in [-0.1, -0.05) is 32.6 Å². The maximum atomic E-state index is 3.66. The Morgan fingerprint density at radius 2 is 1.90 bits per heavy atom. The van der Waals surface area contributed by atoms with Crippen LogP contribution in [0.3, 0.4) is 0 Å². The molecule has 3 rings (SSSR count). The molecule has 21 heavy (non-hydrogen) atoms. The first-order valence-electron chi connectivity index (χ1n) is 9.60. The third kappa shape index (κ3) is 3.82. The van der Waals surface area contributed by atoms with Gasteiger partial charge in [-0.3, -0.25) is 0 Å². The van der Waals surface area contributed by atoms with E-state index in [1.54, 1.807) is 6.42 Å². The highest BCUT2D eigenvalue weighted by Gasteiger charge is 2.40. The molecule has 122 valence electrons. The third-order valence-corrected chi connectivity index (χ3v) is 6.70. The molecule has 0 aromatic carbocycles. The van der Waals surface area contributed by atoms with Crippen LogP contribution in [-0.4, -0.2) is 38.1 Å². The molecule has 0 heterocycles. The van der Waals surface area contributed by atoms with E-state index in [2.05, 4.69) is 24.2 Å². The maximum absolute atomic E-state index is 3.66. The fourth-order valence-corrected chi connectivity index (χ4v) is 5.72. The lowest BCUT2D eigenvalue weighted by Crippen LogP contribution is -2.45. The first-order chi connectivity index (χ1) is 10.2. The molecule has 0 aromatic rings. The molecule has 3 aliphatic rings. The Balaban J connectivity index is 1.52. The molecular formula is C19H36N2. The Bertz CT molecular complexity index is 322. The van der Waals surface area contributed by atoms with E-state index in [1.807, 2.05) is 0 Å². The SMILES string of the molecule is CCNCC1(CN(C)CC2CC3CCC2C3)CCCCC1. The van der Waals surface area contributed by atoms with E-state index < -0.39 is 0 Å².